The molecule has 2 rings (SSSR count). The fourth-order valence-electron chi connectivity index (χ4n) is 2.39. The zero-order valence-electron chi connectivity index (χ0n) is 12.5. The van der Waals surface area contributed by atoms with Crippen LogP contribution in [0.4, 0.5) is 14.5 Å². The van der Waals surface area contributed by atoms with Gasteiger partial charge in [-0.1, -0.05) is 12.1 Å². The first-order valence-electron chi connectivity index (χ1n) is 7.02. The van der Waals surface area contributed by atoms with Crippen LogP contribution in [0, 0.1) is 0 Å². The lowest BCUT2D eigenvalue weighted by Gasteiger charge is -2.24. The average Bonchev–Trinajstić information content (AvgIpc) is 2.85. The second-order valence-electron chi connectivity index (χ2n) is 5.29. The van der Waals surface area contributed by atoms with E-state index in [0.29, 0.717) is 6.42 Å². The summed E-state index contributed by atoms with van der Waals surface area (Å²) in [6.45, 7) is -3.10. The molecule has 1 fully saturated rings. The van der Waals surface area contributed by atoms with Gasteiger partial charge in [-0.2, -0.15) is 8.78 Å². The fourth-order valence-corrected chi connectivity index (χ4v) is 4.17. The number of amides is 1. The van der Waals surface area contributed by atoms with Crippen LogP contribution in [0.1, 0.15) is 6.42 Å². The number of likely N-dealkylation sites (N-methyl/N-ethyl adjacent to an activating group) is 1. The summed E-state index contributed by atoms with van der Waals surface area (Å²) in [5.74, 6) is -0.339. The van der Waals surface area contributed by atoms with Crippen LogP contribution >= 0.6 is 0 Å². The van der Waals surface area contributed by atoms with Gasteiger partial charge in [-0.3, -0.25) is 4.79 Å². The molecule has 0 radical (unpaired) electrons. The molecule has 0 unspecified atom stereocenters. The van der Waals surface area contributed by atoms with Crippen molar-refractivity contribution >= 4 is 21.4 Å². The van der Waals surface area contributed by atoms with E-state index < -0.39 is 16.4 Å². The van der Waals surface area contributed by atoms with E-state index in [2.05, 4.69) is 10.1 Å². The van der Waals surface area contributed by atoms with E-state index in [1.807, 2.05) is 0 Å². The molecule has 1 aromatic carbocycles. The lowest BCUT2D eigenvalue weighted by Crippen LogP contribution is -2.40. The number of sulfone groups is 1. The van der Waals surface area contributed by atoms with Gasteiger partial charge in [0.05, 0.1) is 23.7 Å². The van der Waals surface area contributed by atoms with Crippen LogP contribution in [-0.4, -0.2) is 57.0 Å². The van der Waals surface area contributed by atoms with E-state index in [9.17, 15) is 22.0 Å². The monoisotopic (exact) mass is 348 g/mol. The van der Waals surface area contributed by atoms with Crippen molar-refractivity contribution in [2.24, 2.45) is 0 Å². The predicted molar refractivity (Wildman–Crippen MR) is 81.4 cm³/mol. The molecule has 0 aromatic heterocycles. The van der Waals surface area contributed by atoms with Gasteiger partial charge in [0.25, 0.3) is 0 Å². The van der Waals surface area contributed by atoms with Gasteiger partial charge < -0.3 is 15.0 Å². The third-order valence-corrected chi connectivity index (χ3v) is 5.43. The van der Waals surface area contributed by atoms with Gasteiger partial charge in [0, 0.05) is 13.1 Å². The zero-order valence-corrected chi connectivity index (χ0v) is 13.4. The molecule has 23 heavy (non-hydrogen) atoms. The summed E-state index contributed by atoms with van der Waals surface area (Å²) in [5.41, 5.74) is 0.272. The van der Waals surface area contributed by atoms with Crippen LogP contribution < -0.4 is 10.1 Å². The SMILES string of the molecule is CN(C(=O)CNc1ccccc1OC(F)F)[C@@H]1CCS(=O)(=O)C1. The maximum Gasteiger partial charge on any atom is 0.387 e. The highest BCUT2D eigenvalue weighted by Crippen LogP contribution is 2.25. The van der Waals surface area contributed by atoms with Gasteiger partial charge in [0.1, 0.15) is 5.75 Å². The van der Waals surface area contributed by atoms with Crippen LogP contribution in [-0.2, 0) is 14.6 Å². The number of halogens is 2. The third kappa shape index (κ3) is 4.78. The Balaban J connectivity index is 1.94. The van der Waals surface area contributed by atoms with Crippen LogP contribution in [0.2, 0.25) is 0 Å². The van der Waals surface area contributed by atoms with Gasteiger partial charge >= 0.3 is 6.61 Å². The minimum absolute atomic E-state index is 0.0413. The number of anilines is 1. The lowest BCUT2D eigenvalue weighted by molar-refractivity contribution is -0.129. The van der Waals surface area contributed by atoms with E-state index in [-0.39, 0.29) is 41.4 Å². The number of carbonyl (C=O) groups is 1. The lowest BCUT2D eigenvalue weighted by atomic mass is 10.2. The van der Waals surface area contributed by atoms with Crippen LogP contribution in [0.25, 0.3) is 0 Å². The van der Waals surface area contributed by atoms with Crippen molar-refractivity contribution in [3.05, 3.63) is 24.3 Å². The molecule has 1 aromatic rings. The number of carbonyl (C=O) groups excluding carboxylic acids is 1. The first kappa shape index (κ1) is 17.5. The molecule has 9 heteroatoms. The summed E-state index contributed by atoms with van der Waals surface area (Å²) >= 11 is 0. The fraction of sp³-hybridized carbons (Fsp3) is 0.500. The van der Waals surface area contributed by atoms with E-state index in [4.69, 9.17) is 0 Å². The number of para-hydroxylation sites is 2. The third-order valence-electron chi connectivity index (χ3n) is 3.68. The van der Waals surface area contributed by atoms with Crippen molar-refractivity contribution < 1.29 is 26.7 Å². The number of hydrogen-bond acceptors (Lipinski definition) is 5. The van der Waals surface area contributed by atoms with Crippen molar-refractivity contribution in [1.82, 2.24) is 4.90 Å². The number of nitrogens with one attached hydrogen (secondary N) is 1. The highest BCUT2D eigenvalue weighted by Gasteiger charge is 2.32. The van der Waals surface area contributed by atoms with Gasteiger partial charge in [0.2, 0.25) is 5.91 Å². The minimum Gasteiger partial charge on any atom is -0.433 e. The van der Waals surface area contributed by atoms with Crippen molar-refractivity contribution in [2.75, 3.05) is 30.4 Å². The molecule has 0 aliphatic carbocycles. The molecule has 1 atom stereocenters. The Morgan fingerprint density at radius 3 is 2.74 bits per heavy atom. The smallest absolute Gasteiger partial charge is 0.387 e. The van der Waals surface area contributed by atoms with Crippen LogP contribution in [0.5, 0.6) is 5.75 Å². The Labute approximate surface area is 133 Å². The molecule has 1 aliphatic heterocycles. The minimum atomic E-state index is -3.08. The van der Waals surface area contributed by atoms with Gasteiger partial charge in [-0.25, -0.2) is 8.42 Å². The van der Waals surface area contributed by atoms with Crippen molar-refractivity contribution in [2.45, 2.75) is 19.1 Å². The van der Waals surface area contributed by atoms with Crippen LogP contribution in [0.3, 0.4) is 0 Å². The summed E-state index contributed by atoms with van der Waals surface area (Å²) in [4.78, 5) is 13.5. The molecular weight excluding hydrogens is 330 g/mol. The second kappa shape index (κ2) is 7.12. The molecule has 0 spiro atoms. The maximum atomic E-state index is 12.3. The number of hydrogen-bond donors (Lipinski definition) is 1. The number of rotatable bonds is 6. The predicted octanol–water partition coefficient (Wildman–Crippen LogP) is 1.35. The molecule has 0 bridgehead atoms. The Bertz CT molecular complexity index is 666. The molecule has 128 valence electrons. The van der Waals surface area contributed by atoms with Gasteiger partial charge in [-0.05, 0) is 18.6 Å². The topological polar surface area (TPSA) is 75.7 Å². The van der Waals surface area contributed by atoms with E-state index in [1.165, 1.54) is 24.1 Å². The molecule has 1 saturated heterocycles. The number of nitrogens with zero attached hydrogens (tertiary/aromatic N) is 1. The molecule has 1 N–H and O–H groups in total. The van der Waals surface area contributed by atoms with Crippen molar-refractivity contribution in [3.8, 4) is 5.75 Å². The van der Waals surface area contributed by atoms with Crippen molar-refractivity contribution in [1.29, 1.82) is 0 Å². The van der Waals surface area contributed by atoms with Gasteiger partial charge in [0.15, 0.2) is 9.84 Å². The first-order chi connectivity index (χ1) is 10.8. The Kier molecular flexibility index (Phi) is 5.40. The molecular formula is C14H18F2N2O4S. The Hall–Kier alpha value is -1.90. The van der Waals surface area contributed by atoms with E-state index in [1.54, 1.807) is 12.1 Å². The summed E-state index contributed by atoms with van der Waals surface area (Å²) in [6.07, 6.45) is 0.412. The molecule has 1 aliphatic rings. The summed E-state index contributed by atoms with van der Waals surface area (Å²) in [6, 6.07) is 5.71. The number of ether oxygens (including phenoxy) is 1. The van der Waals surface area contributed by atoms with Crippen LogP contribution in [0.15, 0.2) is 24.3 Å². The number of benzene rings is 1. The standard InChI is InChI=1S/C14H18F2N2O4S/c1-18(10-6-7-23(20,21)9-10)13(19)8-17-11-4-2-3-5-12(11)22-14(15)16/h2-5,10,14,17H,6-9H2,1H3/t10-/m1/s1. The highest BCUT2D eigenvalue weighted by atomic mass is 32.2. The highest BCUT2D eigenvalue weighted by molar-refractivity contribution is 7.91. The second-order valence-corrected chi connectivity index (χ2v) is 7.52. The van der Waals surface area contributed by atoms with Crippen molar-refractivity contribution in [3.63, 3.8) is 0 Å². The van der Waals surface area contributed by atoms with E-state index in [0.717, 1.165) is 0 Å². The molecule has 0 saturated carbocycles. The molecule has 6 nitrogen and oxygen atoms in total. The quantitative estimate of drug-likeness (QED) is 0.840. The zero-order chi connectivity index (χ0) is 17.0. The molecule has 1 heterocycles. The summed E-state index contributed by atoms with van der Waals surface area (Å²) in [5, 5.41) is 2.74. The summed E-state index contributed by atoms with van der Waals surface area (Å²) in [7, 11) is -1.54. The average molecular weight is 348 g/mol. The number of alkyl halides is 2. The summed E-state index contributed by atoms with van der Waals surface area (Å²) < 4.78 is 51.9. The maximum absolute atomic E-state index is 12.3. The Morgan fingerprint density at radius 2 is 2.13 bits per heavy atom. The Morgan fingerprint density at radius 1 is 1.43 bits per heavy atom. The largest absolute Gasteiger partial charge is 0.433 e. The normalized spacial score (nSPS) is 19.6. The van der Waals surface area contributed by atoms with Gasteiger partial charge in [-0.15, -0.1) is 0 Å². The van der Waals surface area contributed by atoms with E-state index >= 15 is 0 Å². The molecule has 1 amide bonds. The first-order valence-corrected chi connectivity index (χ1v) is 8.84.